The normalized spacial score (nSPS) is 16.6. The van der Waals surface area contributed by atoms with Crippen molar-refractivity contribution in [2.24, 2.45) is 0 Å². The molecule has 1 saturated heterocycles. The predicted octanol–water partition coefficient (Wildman–Crippen LogP) is 2.16. The molecule has 1 aromatic heterocycles. The van der Waals surface area contributed by atoms with E-state index in [9.17, 15) is 9.90 Å². The number of ketones is 1. The number of aryl methyl sites for hydroxylation is 1. The summed E-state index contributed by atoms with van der Waals surface area (Å²) in [5.74, 6) is 0.524. The molecule has 1 fully saturated rings. The summed E-state index contributed by atoms with van der Waals surface area (Å²) in [6.45, 7) is 7.43. The van der Waals surface area contributed by atoms with Gasteiger partial charge in [-0.25, -0.2) is 0 Å². The molecule has 0 unspecified atom stereocenters. The highest BCUT2D eigenvalue weighted by molar-refractivity contribution is 6.10. The molecule has 27 heavy (non-hydrogen) atoms. The Kier molecular flexibility index (Phi) is 4.62. The Morgan fingerprint density at radius 3 is 2.52 bits per heavy atom. The van der Waals surface area contributed by atoms with Crippen molar-refractivity contribution in [3.8, 4) is 5.75 Å². The molecule has 0 saturated carbocycles. The maximum absolute atomic E-state index is 13.3. The highest BCUT2D eigenvalue weighted by atomic mass is 16.3. The van der Waals surface area contributed by atoms with Crippen LogP contribution in [0.2, 0.25) is 0 Å². The minimum Gasteiger partial charge on any atom is -0.506 e. The van der Waals surface area contributed by atoms with Gasteiger partial charge in [0.05, 0.1) is 37.4 Å². The molecule has 5 heteroatoms. The van der Waals surface area contributed by atoms with E-state index in [2.05, 4.69) is 9.88 Å². The van der Waals surface area contributed by atoms with Crippen LogP contribution in [0.1, 0.15) is 23.0 Å². The number of fused-ring (bicyclic) bond motifs is 1. The molecule has 0 aliphatic carbocycles. The number of aromatic amines is 1. The number of para-hydroxylation sites is 3. The summed E-state index contributed by atoms with van der Waals surface area (Å²) in [6, 6.07) is 15.4. The van der Waals surface area contributed by atoms with Gasteiger partial charge in [0.25, 0.3) is 0 Å². The van der Waals surface area contributed by atoms with Gasteiger partial charge in [0.1, 0.15) is 11.8 Å². The highest BCUT2D eigenvalue weighted by Gasteiger charge is 2.32. The van der Waals surface area contributed by atoms with E-state index in [1.807, 2.05) is 56.3 Å². The average Bonchev–Trinajstić information content (AvgIpc) is 3.03. The van der Waals surface area contributed by atoms with Gasteiger partial charge in [-0.3, -0.25) is 4.79 Å². The zero-order valence-corrected chi connectivity index (χ0v) is 15.8. The van der Waals surface area contributed by atoms with Crippen LogP contribution in [0, 0.1) is 6.92 Å². The number of H-pyrrole nitrogens is 1. The Labute approximate surface area is 159 Å². The smallest absolute Gasteiger partial charge is 0.222 e. The van der Waals surface area contributed by atoms with Crippen molar-refractivity contribution in [3.63, 3.8) is 0 Å². The van der Waals surface area contributed by atoms with Gasteiger partial charge in [0.2, 0.25) is 5.78 Å². The predicted molar refractivity (Wildman–Crippen MR) is 108 cm³/mol. The molecule has 1 aliphatic heterocycles. The molecule has 2 aromatic carbocycles. The molecule has 4 rings (SSSR count). The van der Waals surface area contributed by atoms with Crippen molar-refractivity contribution in [2.45, 2.75) is 19.9 Å². The number of carbonyl (C=O) groups is 1. The topological polar surface area (TPSA) is 60.8 Å². The summed E-state index contributed by atoms with van der Waals surface area (Å²) < 4.78 is 0. The Morgan fingerprint density at radius 1 is 1.11 bits per heavy atom. The van der Waals surface area contributed by atoms with Gasteiger partial charge in [0, 0.05) is 16.6 Å². The molecule has 140 valence electrons. The maximum atomic E-state index is 13.3. The number of anilines is 1. The second-order valence-corrected chi connectivity index (χ2v) is 7.39. The number of quaternary nitrogens is 1. The lowest BCUT2D eigenvalue weighted by molar-refractivity contribution is -0.914. The third-order valence-electron chi connectivity index (χ3n) is 5.77. The number of nitrogens with zero attached hydrogens (tertiary/aromatic N) is 1. The van der Waals surface area contributed by atoms with E-state index in [1.165, 1.54) is 4.90 Å². The summed E-state index contributed by atoms with van der Waals surface area (Å²) in [7, 11) is 0. The SMILES string of the molecule is Cc1[nH]c2ccccc2c1C(=O)[C@@H](C)[NH+]1CCN(c2ccccc2O)CC1. The fourth-order valence-corrected chi connectivity index (χ4v) is 4.20. The van der Waals surface area contributed by atoms with Gasteiger partial charge in [-0.15, -0.1) is 0 Å². The summed E-state index contributed by atoms with van der Waals surface area (Å²) in [4.78, 5) is 20.1. The molecule has 3 N–H and O–H groups in total. The third kappa shape index (κ3) is 3.19. The monoisotopic (exact) mass is 364 g/mol. The fourth-order valence-electron chi connectivity index (χ4n) is 4.20. The number of phenols is 1. The number of hydrogen-bond donors (Lipinski definition) is 3. The van der Waals surface area contributed by atoms with Crippen LogP contribution in [0.15, 0.2) is 48.5 Å². The first-order chi connectivity index (χ1) is 13.1. The van der Waals surface area contributed by atoms with Crippen molar-refractivity contribution in [1.29, 1.82) is 0 Å². The molecule has 2 heterocycles. The van der Waals surface area contributed by atoms with E-state index in [-0.39, 0.29) is 11.8 Å². The van der Waals surface area contributed by atoms with Crippen molar-refractivity contribution in [3.05, 3.63) is 59.8 Å². The number of hydrogen-bond acceptors (Lipinski definition) is 3. The number of carbonyl (C=O) groups excluding carboxylic acids is 1. The summed E-state index contributed by atoms with van der Waals surface area (Å²) in [5, 5.41) is 11.1. The zero-order chi connectivity index (χ0) is 19.0. The van der Waals surface area contributed by atoms with Gasteiger partial charge in [-0.05, 0) is 32.0 Å². The minimum absolute atomic E-state index is 0.0885. The van der Waals surface area contributed by atoms with E-state index in [0.29, 0.717) is 5.75 Å². The van der Waals surface area contributed by atoms with Gasteiger partial charge in [0.15, 0.2) is 0 Å². The minimum atomic E-state index is -0.0885. The molecule has 3 aromatic rings. The van der Waals surface area contributed by atoms with Crippen LogP contribution in [0.5, 0.6) is 5.75 Å². The molecular weight excluding hydrogens is 338 g/mol. The quantitative estimate of drug-likeness (QED) is 0.622. The molecule has 0 amide bonds. The van der Waals surface area contributed by atoms with Crippen molar-refractivity contribution in [2.75, 3.05) is 31.1 Å². The van der Waals surface area contributed by atoms with Crippen LogP contribution in [0.3, 0.4) is 0 Å². The number of aromatic nitrogens is 1. The van der Waals surface area contributed by atoms with E-state index >= 15 is 0 Å². The lowest BCUT2D eigenvalue weighted by Gasteiger charge is -2.36. The summed E-state index contributed by atoms with van der Waals surface area (Å²) in [5.41, 5.74) is 3.67. The van der Waals surface area contributed by atoms with Gasteiger partial charge >= 0.3 is 0 Å². The Balaban J connectivity index is 1.49. The van der Waals surface area contributed by atoms with Crippen LogP contribution in [0.25, 0.3) is 10.9 Å². The number of Topliss-reactive ketones (excluding diaryl/α,β-unsaturated/α-hetero) is 1. The Morgan fingerprint density at radius 2 is 1.78 bits per heavy atom. The fraction of sp³-hybridized carbons (Fsp3) is 0.318. The first-order valence-corrected chi connectivity index (χ1v) is 9.55. The van der Waals surface area contributed by atoms with E-state index < -0.39 is 0 Å². The molecule has 0 spiro atoms. The van der Waals surface area contributed by atoms with Gasteiger partial charge in [-0.1, -0.05) is 30.3 Å². The first kappa shape index (κ1) is 17.6. The Bertz CT molecular complexity index is 971. The zero-order valence-electron chi connectivity index (χ0n) is 15.8. The Hall–Kier alpha value is -2.79. The van der Waals surface area contributed by atoms with Gasteiger partial charge < -0.3 is 19.9 Å². The van der Waals surface area contributed by atoms with E-state index in [0.717, 1.165) is 54.0 Å². The second-order valence-electron chi connectivity index (χ2n) is 7.39. The lowest BCUT2D eigenvalue weighted by Crippen LogP contribution is -3.18. The third-order valence-corrected chi connectivity index (χ3v) is 5.77. The van der Waals surface area contributed by atoms with E-state index in [4.69, 9.17) is 0 Å². The molecule has 5 nitrogen and oxygen atoms in total. The number of nitrogens with one attached hydrogen (secondary N) is 2. The molecule has 0 radical (unpaired) electrons. The number of rotatable bonds is 4. The summed E-state index contributed by atoms with van der Waals surface area (Å²) >= 11 is 0. The standard InChI is InChI=1S/C22H25N3O2/c1-15-21(17-7-3-4-8-18(17)23-15)22(27)16(2)24-11-13-25(14-12-24)19-9-5-6-10-20(19)26/h3-10,16,23,26H,11-14H2,1-2H3/p+1/t16-/m1/s1. The highest BCUT2D eigenvalue weighted by Crippen LogP contribution is 2.26. The number of aromatic hydroxyl groups is 1. The largest absolute Gasteiger partial charge is 0.506 e. The summed E-state index contributed by atoms with van der Waals surface area (Å²) in [6.07, 6.45) is 0. The molecule has 1 aliphatic rings. The number of benzene rings is 2. The van der Waals surface area contributed by atoms with Crippen molar-refractivity contribution < 1.29 is 14.8 Å². The molecular formula is C22H26N3O2+. The van der Waals surface area contributed by atoms with Crippen LogP contribution in [-0.2, 0) is 0 Å². The number of phenolic OH excluding ortho intramolecular Hbond substituents is 1. The number of piperazine rings is 1. The van der Waals surface area contributed by atoms with Crippen molar-refractivity contribution >= 4 is 22.4 Å². The average molecular weight is 364 g/mol. The molecule has 0 bridgehead atoms. The lowest BCUT2D eigenvalue weighted by atomic mass is 10.0. The van der Waals surface area contributed by atoms with Crippen molar-refractivity contribution in [1.82, 2.24) is 4.98 Å². The second kappa shape index (κ2) is 7.08. The van der Waals surface area contributed by atoms with Crippen LogP contribution in [-0.4, -0.2) is 48.1 Å². The maximum Gasteiger partial charge on any atom is 0.222 e. The first-order valence-electron chi connectivity index (χ1n) is 9.55. The van der Waals surface area contributed by atoms with E-state index in [1.54, 1.807) is 6.07 Å². The van der Waals surface area contributed by atoms with Gasteiger partial charge in [-0.2, -0.15) is 0 Å². The van der Waals surface area contributed by atoms with Crippen LogP contribution < -0.4 is 9.80 Å². The van der Waals surface area contributed by atoms with Crippen LogP contribution >= 0.6 is 0 Å². The molecule has 1 atom stereocenters. The van der Waals surface area contributed by atoms with Crippen LogP contribution in [0.4, 0.5) is 5.69 Å².